The van der Waals surface area contributed by atoms with Crippen LogP contribution in [0.3, 0.4) is 0 Å². The van der Waals surface area contributed by atoms with Gasteiger partial charge >= 0.3 is 0 Å². The van der Waals surface area contributed by atoms with Crippen molar-refractivity contribution in [2.45, 2.75) is 5.75 Å². The molecule has 4 heteroatoms. The van der Waals surface area contributed by atoms with Gasteiger partial charge in [0, 0.05) is 5.02 Å². The van der Waals surface area contributed by atoms with Gasteiger partial charge in [0.15, 0.2) is 0 Å². The predicted molar refractivity (Wildman–Crippen MR) is 45.5 cm³/mol. The summed E-state index contributed by atoms with van der Waals surface area (Å²) < 4.78 is 20.6. The molecule has 0 N–H and O–H groups in total. The Morgan fingerprint density at radius 2 is 1.91 bits per heavy atom. The average molecular weight is 191 g/mol. The first kappa shape index (κ1) is 8.56. The molecular weight excluding hydrogens is 184 g/mol. The molecule has 0 aliphatic rings. The summed E-state index contributed by atoms with van der Waals surface area (Å²) >= 11 is 5.70. The summed E-state index contributed by atoms with van der Waals surface area (Å²) in [5.41, 5.74) is 0.658. The maximum Gasteiger partial charge on any atom is 0.144 e. The van der Waals surface area contributed by atoms with E-state index in [0.29, 0.717) is 10.6 Å². The molecule has 0 bridgehead atoms. The van der Waals surface area contributed by atoms with Crippen LogP contribution in [0, 0.1) is 0 Å². The van der Waals surface area contributed by atoms with Crippen molar-refractivity contribution in [3.05, 3.63) is 34.9 Å². The minimum absolute atomic E-state index is 0.0228. The van der Waals surface area contributed by atoms with E-state index in [1.807, 2.05) is 0 Å². The van der Waals surface area contributed by atoms with Crippen LogP contribution in [0.1, 0.15) is 5.56 Å². The monoisotopic (exact) mass is 190 g/mol. The largest absolute Gasteiger partial charge is 0.232 e. The number of rotatable bonds is 2. The summed E-state index contributed by atoms with van der Waals surface area (Å²) in [6, 6.07) is 6.91. The van der Waals surface area contributed by atoms with Crippen LogP contribution in [0.2, 0.25) is 5.02 Å². The first-order valence-corrected chi connectivity index (χ1v) is 4.79. The molecule has 11 heavy (non-hydrogen) atoms. The predicted octanol–water partition coefficient (Wildman–Crippen LogP) is 1.45. The van der Waals surface area contributed by atoms with Crippen LogP contribution in [0.5, 0.6) is 0 Å². The standard InChI is InChI=1S/C7H7ClO2S/c8-7-4-2-1-3-6(7)5-11(9)10/h1-4,11H,5H2. The smallest absolute Gasteiger partial charge is 0.144 e. The van der Waals surface area contributed by atoms with Gasteiger partial charge in [-0.2, -0.15) is 0 Å². The third-order valence-electron chi connectivity index (χ3n) is 1.26. The van der Waals surface area contributed by atoms with E-state index in [-0.39, 0.29) is 5.75 Å². The highest BCUT2D eigenvalue weighted by Crippen LogP contribution is 2.14. The first-order valence-electron chi connectivity index (χ1n) is 3.05. The lowest BCUT2D eigenvalue weighted by molar-refractivity contribution is 0.614. The molecule has 0 spiro atoms. The van der Waals surface area contributed by atoms with Crippen molar-refractivity contribution in [3.8, 4) is 0 Å². The van der Waals surface area contributed by atoms with Crippen molar-refractivity contribution >= 4 is 22.3 Å². The maximum atomic E-state index is 10.3. The molecule has 0 fully saturated rings. The second-order valence-corrected chi connectivity index (χ2v) is 3.47. The summed E-state index contributed by atoms with van der Waals surface area (Å²) in [5, 5.41) is 0.506. The Morgan fingerprint density at radius 3 is 2.45 bits per heavy atom. The van der Waals surface area contributed by atoms with E-state index in [4.69, 9.17) is 11.6 Å². The highest BCUT2D eigenvalue weighted by atomic mass is 35.5. The summed E-state index contributed by atoms with van der Waals surface area (Å²) in [6.07, 6.45) is 0. The molecule has 0 atom stereocenters. The van der Waals surface area contributed by atoms with Crippen molar-refractivity contribution in [3.63, 3.8) is 0 Å². The Labute approximate surface area is 71.8 Å². The quantitative estimate of drug-likeness (QED) is 0.717. The lowest BCUT2D eigenvalue weighted by Gasteiger charge is -1.96. The Kier molecular flexibility index (Phi) is 2.91. The van der Waals surface area contributed by atoms with Gasteiger partial charge in [0.05, 0.1) is 5.75 Å². The average Bonchev–Trinajstić information content (AvgIpc) is 1.93. The van der Waals surface area contributed by atoms with Crippen LogP contribution < -0.4 is 0 Å². The fraction of sp³-hybridized carbons (Fsp3) is 0.143. The zero-order chi connectivity index (χ0) is 8.27. The third-order valence-corrected chi connectivity index (χ3v) is 2.22. The van der Waals surface area contributed by atoms with E-state index in [2.05, 4.69) is 0 Å². The summed E-state index contributed by atoms with van der Waals surface area (Å²) in [6.45, 7) is 0. The number of thiol groups is 1. The van der Waals surface area contributed by atoms with Crippen LogP contribution >= 0.6 is 11.6 Å². The van der Waals surface area contributed by atoms with Gasteiger partial charge in [-0.3, -0.25) is 0 Å². The topological polar surface area (TPSA) is 34.1 Å². The molecule has 2 nitrogen and oxygen atoms in total. The van der Waals surface area contributed by atoms with Crippen LogP contribution in [0.15, 0.2) is 24.3 Å². The molecule has 0 radical (unpaired) electrons. The molecule has 0 saturated heterocycles. The fourth-order valence-corrected chi connectivity index (χ4v) is 1.62. The molecule has 0 unspecified atom stereocenters. The summed E-state index contributed by atoms with van der Waals surface area (Å²) in [7, 11) is -2.38. The van der Waals surface area contributed by atoms with Gasteiger partial charge < -0.3 is 0 Å². The van der Waals surface area contributed by atoms with Gasteiger partial charge in [0.2, 0.25) is 0 Å². The van der Waals surface area contributed by atoms with E-state index < -0.39 is 10.7 Å². The lowest BCUT2D eigenvalue weighted by Crippen LogP contribution is -1.86. The van der Waals surface area contributed by atoms with E-state index >= 15 is 0 Å². The SMILES string of the molecule is O=[SH](=O)Cc1ccccc1Cl. The Bertz CT molecular complexity index is 312. The minimum Gasteiger partial charge on any atom is -0.232 e. The molecule has 0 amide bonds. The first-order chi connectivity index (χ1) is 5.20. The van der Waals surface area contributed by atoms with Crippen LogP contribution in [0.4, 0.5) is 0 Å². The van der Waals surface area contributed by atoms with E-state index in [1.165, 1.54) is 0 Å². The molecular formula is C7H7ClO2S. The molecule has 1 aromatic rings. The molecule has 1 rings (SSSR count). The summed E-state index contributed by atoms with van der Waals surface area (Å²) in [5.74, 6) is 0.0228. The van der Waals surface area contributed by atoms with Gasteiger partial charge in [0.25, 0.3) is 0 Å². The Balaban J connectivity index is 2.94. The van der Waals surface area contributed by atoms with E-state index in [9.17, 15) is 8.42 Å². The van der Waals surface area contributed by atoms with Crippen LogP contribution in [-0.2, 0) is 16.5 Å². The van der Waals surface area contributed by atoms with Gasteiger partial charge in [-0.25, -0.2) is 8.42 Å². The van der Waals surface area contributed by atoms with Gasteiger partial charge in [-0.05, 0) is 11.6 Å². The molecule has 0 aromatic heterocycles. The van der Waals surface area contributed by atoms with Crippen molar-refractivity contribution < 1.29 is 8.42 Å². The molecule has 60 valence electrons. The van der Waals surface area contributed by atoms with Crippen molar-refractivity contribution in [2.24, 2.45) is 0 Å². The molecule has 0 heterocycles. The lowest BCUT2D eigenvalue weighted by atomic mass is 10.2. The highest BCUT2D eigenvalue weighted by Gasteiger charge is 1.98. The molecule has 1 aromatic carbocycles. The van der Waals surface area contributed by atoms with Crippen LogP contribution in [0.25, 0.3) is 0 Å². The molecule has 0 aliphatic heterocycles. The highest BCUT2D eigenvalue weighted by molar-refractivity contribution is 7.71. The van der Waals surface area contributed by atoms with E-state index in [1.54, 1.807) is 24.3 Å². The minimum atomic E-state index is -2.38. The van der Waals surface area contributed by atoms with E-state index in [0.717, 1.165) is 0 Å². The molecule has 0 aliphatic carbocycles. The Hall–Kier alpha value is -0.540. The Morgan fingerprint density at radius 1 is 1.27 bits per heavy atom. The van der Waals surface area contributed by atoms with Gasteiger partial charge in [0.1, 0.15) is 10.7 Å². The second kappa shape index (κ2) is 3.74. The van der Waals surface area contributed by atoms with Crippen molar-refractivity contribution in [1.82, 2.24) is 0 Å². The zero-order valence-electron chi connectivity index (χ0n) is 5.66. The zero-order valence-corrected chi connectivity index (χ0v) is 7.31. The van der Waals surface area contributed by atoms with Gasteiger partial charge in [-0.15, -0.1) is 0 Å². The number of hydrogen-bond acceptors (Lipinski definition) is 2. The van der Waals surface area contributed by atoms with Crippen molar-refractivity contribution in [2.75, 3.05) is 0 Å². The van der Waals surface area contributed by atoms with Crippen molar-refractivity contribution in [1.29, 1.82) is 0 Å². The van der Waals surface area contributed by atoms with Gasteiger partial charge in [-0.1, -0.05) is 29.8 Å². The normalized spacial score (nSPS) is 10.4. The summed E-state index contributed by atoms with van der Waals surface area (Å²) in [4.78, 5) is 0. The number of halogens is 1. The molecule has 0 saturated carbocycles. The number of benzene rings is 1. The maximum absolute atomic E-state index is 10.3. The second-order valence-electron chi connectivity index (χ2n) is 2.08. The fourth-order valence-electron chi connectivity index (χ4n) is 0.766. The van der Waals surface area contributed by atoms with Crippen LogP contribution in [-0.4, -0.2) is 8.42 Å². The third kappa shape index (κ3) is 2.52. The number of hydrogen-bond donors (Lipinski definition) is 1.